The van der Waals surface area contributed by atoms with E-state index >= 15 is 0 Å². The summed E-state index contributed by atoms with van der Waals surface area (Å²) in [6.45, 7) is 5.46. The zero-order chi connectivity index (χ0) is 22.6. The van der Waals surface area contributed by atoms with Crippen LogP contribution in [0.5, 0.6) is 5.75 Å². The summed E-state index contributed by atoms with van der Waals surface area (Å²) in [4.78, 5) is 9.08. The van der Waals surface area contributed by atoms with Crippen molar-refractivity contribution in [1.82, 2.24) is 20.4 Å². The molecule has 0 amide bonds. The maximum absolute atomic E-state index is 5.82. The lowest BCUT2D eigenvalue weighted by Gasteiger charge is -2.33. The Morgan fingerprint density at radius 2 is 1.91 bits per heavy atom. The molecule has 2 aromatic rings. The fourth-order valence-electron chi connectivity index (χ4n) is 3.99. The first kappa shape index (κ1) is 24.1. The highest BCUT2D eigenvalue weighted by Gasteiger charge is 2.24. The van der Waals surface area contributed by atoms with Crippen LogP contribution in [-0.4, -0.2) is 69.7 Å². The van der Waals surface area contributed by atoms with Crippen LogP contribution in [0.2, 0.25) is 0 Å². The molecule has 0 bridgehead atoms. The molecule has 1 atom stereocenters. The standard InChI is InChI=1S/C25H39N5O2/c1-26-25(27-19-21-10-12-22(13-11-21)31-18-8-14-29(2)3)28-20-23(24-9-7-17-32-24)30-15-5-4-6-16-30/h7,9-13,17,23H,4-6,8,14-16,18-20H2,1-3H3,(H2,26,27,28). The molecular formula is C25H39N5O2. The van der Waals surface area contributed by atoms with Gasteiger partial charge in [-0.3, -0.25) is 9.89 Å². The van der Waals surface area contributed by atoms with Gasteiger partial charge in [0.25, 0.3) is 0 Å². The number of benzene rings is 1. The minimum atomic E-state index is 0.216. The van der Waals surface area contributed by atoms with Gasteiger partial charge in [-0.05, 0) is 76.3 Å². The second-order valence-electron chi connectivity index (χ2n) is 8.58. The maximum Gasteiger partial charge on any atom is 0.191 e. The highest BCUT2D eigenvalue weighted by atomic mass is 16.5. The van der Waals surface area contributed by atoms with E-state index in [0.717, 1.165) is 56.7 Å². The van der Waals surface area contributed by atoms with E-state index < -0.39 is 0 Å². The van der Waals surface area contributed by atoms with E-state index in [1.54, 1.807) is 6.26 Å². The molecule has 7 heteroatoms. The zero-order valence-electron chi connectivity index (χ0n) is 19.8. The number of aliphatic imine (C=N–C) groups is 1. The van der Waals surface area contributed by atoms with Crippen LogP contribution in [0.1, 0.15) is 43.0 Å². The van der Waals surface area contributed by atoms with Crippen molar-refractivity contribution in [2.75, 3.05) is 53.9 Å². The smallest absolute Gasteiger partial charge is 0.191 e. The van der Waals surface area contributed by atoms with Crippen molar-refractivity contribution >= 4 is 5.96 Å². The van der Waals surface area contributed by atoms with Crippen molar-refractivity contribution in [3.63, 3.8) is 0 Å². The van der Waals surface area contributed by atoms with Crippen LogP contribution < -0.4 is 15.4 Å². The fourth-order valence-corrected chi connectivity index (χ4v) is 3.99. The van der Waals surface area contributed by atoms with Crippen LogP contribution in [0.4, 0.5) is 0 Å². The van der Waals surface area contributed by atoms with E-state index in [0.29, 0.717) is 6.54 Å². The number of hydrogen-bond acceptors (Lipinski definition) is 5. The van der Waals surface area contributed by atoms with Gasteiger partial charge in [0.2, 0.25) is 0 Å². The van der Waals surface area contributed by atoms with Crippen LogP contribution in [-0.2, 0) is 6.54 Å². The monoisotopic (exact) mass is 441 g/mol. The number of hydrogen-bond donors (Lipinski definition) is 2. The number of furan rings is 1. The number of nitrogens with one attached hydrogen (secondary N) is 2. The van der Waals surface area contributed by atoms with Crippen LogP contribution >= 0.6 is 0 Å². The van der Waals surface area contributed by atoms with Gasteiger partial charge in [0.1, 0.15) is 11.5 Å². The number of nitrogens with zero attached hydrogens (tertiary/aromatic N) is 3. The number of rotatable bonds is 11. The number of likely N-dealkylation sites (tertiary alicyclic amines) is 1. The van der Waals surface area contributed by atoms with Gasteiger partial charge in [0, 0.05) is 26.7 Å². The molecule has 1 fully saturated rings. The van der Waals surface area contributed by atoms with E-state index in [9.17, 15) is 0 Å². The molecule has 0 saturated carbocycles. The summed E-state index contributed by atoms with van der Waals surface area (Å²) in [6.07, 6.45) is 6.60. The summed E-state index contributed by atoms with van der Waals surface area (Å²) in [5.41, 5.74) is 1.19. The number of ether oxygens (including phenoxy) is 1. The molecule has 2 N–H and O–H groups in total. The van der Waals surface area contributed by atoms with Gasteiger partial charge in [-0.15, -0.1) is 0 Å². The van der Waals surface area contributed by atoms with Crippen molar-refractivity contribution in [2.45, 2.75) is 38.3 Å². The van der Waals surface area contributed by atoms with Crippen molar-refractivity contribution in [1.29, 1.82) is 0 Å². The molecule has 32 heavy (non-hydrogen) atoms. The minimum Gasteiger partial charge on any atom is -0.494 e. The molecule has 0 aliphatic carbocycles. The molecule has 0 spiro atoms. The van der Waals surface area contributed by atoms with Gasteiger partial charge < -0.3 is 24.7 Å². The maximum atomic E-state index is 5.82. The highest BCUT2D eigenvalue weighted by molar-refractivity contribution is 5.79. The third-order valence-electron chi connectivity index (χ3n) is 5.79. The molecule has 7 nitrogen and oxygen atoms in total. The van der Waals surface area contributed by atoms with Crippen molar-refractivity contribution < 1.29 is 9.15 Å². The lowest BCUT2D eigenvalue weighted by Crippen LogP contribution is -2.44. The van der Waals surface area contributed by atoms with Crippen LogP contribution in [0.15, 0.2) is 52.1 Å². The summed E-state index contributed by atoms with van der Waals surface area (Å²) in [7, 11) is 5.97. The normalized spacial score (nSPS) is 16.2. The zero-order valence-corrected chi connectivity index (χ0v) is 19.8. The quantitative estimate of drug-likeness (QED) is 0.316. The van der Waals surface area contributed by atoms with Crippen molar-refractivity contribution in [3.05, 3.63) is 54.0 Å². The molecule has 3 rings (SSSR count). The van der Waals surface area contributed by atoms with E-state index in [1.165, 1.54) is 24.8 Å². The van der Waals surface area contributed by atoms with Crippen molar-refractivity contribution in [3.8, 4) is 5.75 Å². The predicted molar refractivity (Wildman–Crippen MR) is 130 cm³/mol. The van der Waals surface area contributed by atoms with Gasteiger partial charge in [-0.1, -0.05) is 18.6 Å². The summed E-state index contributed by atoms with van der Waals surface area (Å²) >= 11 is 0. The Labute approximate surface area is 192 Å². The van der Waals surface area contributed by atoms with Crippen molar-refractivity contribution in [2.24, 2.45) is 4.99 Å². The summed E-state index contributed by atoms with van der Waals surface area (Å²) in [6, 6.07) is 12.5. The Bertz CT molecular complexity index is 783. The topological polar surface area (TPSA) is 65.3 Å². The van der Waals surface area contributed by atoms with Crippen LogP contribution in [0, 0.1) is 0 Å². The van der Waals surface area contributed by atoms with E-state index in [1.807, 2.05) is 25.2 Å². The molecule has 1 aliphatic heterocycles. The molecule has 1 unspecified atom stereocenters. The van der Waals surface area contributed by atoms with Gasteiger partial charge in [-0.2, -0.15) is 0 Å². The Morgan fingerprint density at radius 1 is 1.12 bits per heavy atom. The van der Waals surface area contributed by atoms with Gasteiger partial charge >= 0.3 is 0 Å². The Morgan fingerprint density at radius 3 is 2.56 bits per heavy atom. The Kier molecular flexibility index (Phi) is 9.91. The average molecular weight is 442 g/mol. The Balaban J connectivity index is 1.45. The lowest BCUT2D eigenvalue weighted by atomic mass is 10.1. The predicted octanol–water partition coefficient (Wildman–Crippen LogP) is 3.50. The summed E-state index contributed by atoms with van der Waals surface area (Å²) in [5, 5.41) is 6.91. The second-order valence-corrected chi connectivity index (χ2v) is 8.58. The molecular weight excluding hydrogens is 402 g/mol. The van der Waals surface area contributed by atoms with Gasteiger partial charge in [0.15, 0.2) is 5.96 Å². The van der Waals surface area contributed by atoms with E-state index in [2.05, 4.69) is 57.7 Å². The minimum absolute atomic E-state index is 0.216. The summed E-state index contributed by atoms with van der Waals surface area (Å²) < 4.78 is 11.6. The molecule has 2 heterocycles. The molecule has 1 aromatic heterocycles. The third-order valence-corrected chi connectivity index (χ3v) is 5.79. The molecule has 176 valence electrons. The third kappa shape index (κ3) is 7.88. The number of guanidine groups is 1. The largest absolute Gasteiger partial charge is 0.494 e. The first-order chi connectivity index (χ1) is 15.7. The lowest BCUT2D eigenvalue weighted by molar-refractivity contribution is 0.146. The summed E-state index contributed by atoms with van der Waals surface area (Å²) in [5.74, 6) is 2.72. The van der Waals surface area contributed by atoms with Crippen LogP contribution in [0.3, 0.4) is 0 Å². The van der Waals surface area contributed by atoms with Gasteiger partial charge in [0.05, 0.1) is 18.9 Å². The van der Waals surface area contributed by atoms with Crippen LogP contribution in [0.25, 0.3) is 0 Å². The fraction of sp³-hybridized carbons (Fsp3) is 0.560. The van der Waals surface area contributed by atoms with Gasteiger partial charge in [-0.25, -0.2) is 0 Å². The van der Waals surface area contributed by atoms with E-state index in [4.69, 9.17) is 9.15 Å². The molecule has 1 saturated heterocycles. The molecule has 1 aromatic carbocycles. The second kappa shape index (κ2) is 13.1. The molecule has 1 aliphatic rings. The molecule has 0 radical (unpaired) electrons. The average Bonchev–Trinajstić information content (AvgIpc) is 3.35. The first-order valence-electron chi connectivity index (χ1n) is 11.7. The van der Waals surface area contributed by atoms with E-state index in [-0.39, 0.29) is 6.04 Å². The number of piperidine rings is 1. The first-order valence-corrected chi connectivity index (χ1v) is 11.7. The Hall–Kier alpha value is -2.51. The SMILES string of the molecule is CN=C(NCc1ccc(OCCCN(C)C)cc1)NCC(c1ccco1)N1CCCCC1. The highest BCUT2D eigenvalue weighted by Crippen LogP contribution is 2.24.